The van der Waals surface area contributed by atoms with Gasteiger partial charge in [0.15, 0.2) is 5.78 Å². The van der Waals surface area contributed by atoms with Gasteiger partial charge >= 0.3 is 0 Å². The molecule has 0 fully saturated rings. The van der Waals surface area contributed by atoms with E-state index in [9.17, 15) is 9.18 Å². The summed E-state index contributed by atoms with van der Waals surface area (Å²) in [5.41, 5.74) is 2.15. The Morgan fingerprint density at radius 1 is 1.17 bits per heavy atom. The van der Waals surface area contributed by atoms with E-state index in [1.165, 1.54) is 12.1 Å². The third-order valence-electron chi connectivity index (χ3n) is 2.94. The number of carbonyl (C=O) groups is 1. The SMILES string of the molecule is O=C1CCn2cc(C#Cc3cccc(F)c3)cc21. The average molecular weight is 239 g/mol. The highest BCUT2D eigenvalue weighted by Crippen LogP contribution is 2.17. The second-order valence-electron chi connectivity index (χ2n) is 4.24. The molecule has 0 spiro atoms. The molecular formula is C15H10FNO. The molecule has 1 aromatic carbocycles. The smallest absolute Gasteiger partial charge is 0.181 e. The average Bonchev–Trinajstić information content (AvgIpc) is 2.90. The maximum atomic E-state index is 13.0. The van der Waals surface area contributed by atoms with Crippen LogP contribution in [0, 0.1) is 17.7 Å². The molecule has 2 nitrogen and oxygen atoms in total. The van der Waals surface area contributed by atoms with Crippen LogP contribution in [-0.4, -0.2) is 10.4 Å². The van der Waals surface area contributed by atoms with Gasteiger partial charge in [0.25, 0.3) is 0 Å². The van der Waals surface area contributed by atoms with Crippen molar-refractivity contribution in [2.45, 2.75) is 13.0 Å². The molecule has 0 amide bonds. The fourth-order valence-corrected chi connectivity index (χ4v) is 2.06. The quantitative estimate of drug-likeness (QED) is 0.648. The molecule has 0 saturated heterocycles. The van der Waals surface area contributed by atoms with E-state index in [4.69, 9.17) is 0 Å². The maximum Gasteiger partial charge on any atom is 0.181 e. The van der Waals surface area contributed by atoms with Crippen molar-refractivity contribution in [3.05, 3.63) is 59.2 Å². The molecule has 1 aliphatic heterocycles. The zero-order chi connectivity index (χ0) is 12.5. The fraction of sp³-hybridized carbons (Fsp3) is 0.133. The summed E-state index contributed by atoms with van der Waals surface area (Å²) in [5.74, 6) is 5.71. The third kappa shape index (κ3) is 1.93. The lowest BCUT2D eigenvalue weighted by atomic mass is 10.2. The van der Waals surface area contributed by atoms with Crippen LogP contribution in [0.3, 0.4) is 0 Å². The van der Waals surface area contributed by atoms with E-state index in [0.717, 1.165) is 17.8 Å². The number of ketones is 1. The fourth-order valence-electron chi connectivity index (χ4n) is 2.06. The Labute approximate surface area is 104 Å². The summed E-state index contributed by atoms with van der Waals surface area (Å²) in [6.07, 6.45) is 2.44. The standard InChI is InChI=1S/C15H10FNO/c16-13-3-1-2-11(8-13)4-5-12-9-14-15(18)6-7-17(14)10-12/h1-3,8-10H,6-7H2. The Balaban J connectivity index is 1.90. The molecule has 0 N–H and O–H groups in total. The Kier molecular flexibility index (Phi) is 2.49. The molecule has 0 atom stereocenters. The third-order valence-corrected chi connectivity index (χ3v) is 2.94. The Hall–Kier alpha value is -2.34. The molecule has 1 aromatic heterocycles. The monoisotopic (exact) mass is 239 g/mol. The zero-order valence-corrected chi connectivity index (χ0v) is 9.61. The van der Waals surface area contributed by atoms with Gasteiger partial charge in [-0.3, -0.25) is 4.79 Å². The second kappa shape index (κ2) is 4.15. The summed E-state index contributed by atoms with van der Waals surface area (Å²) >= 11 is 0. The van der Waals surface area contributed by atoms with Gasteiger partial charge in [0.2, 0.25) is 0 Å². The Bertz CT molecular complexity index is 688. The molecule has 3 rings (SSSR count). The van der Waals surface area contributed by atoms with Gasteiger partial charge in [-0.25, -0.2) is 4.39 Å². The van der Waals surface area contributed by atoms with Crippen LogP contribution in [-0.2, 0) is 6.54 Å². The molecule has 2 aromatic rings. The van der Waals surface area contributed by atoms with E-state index in [2.05, 4.69) is 11.8 Å². The summed E-state index contributed by atoms with van der Waals surface area (Å²) < 4.78 is 14.9. The van der Waals surface area contributed by atoms with Crippen molar-refractivity contribution in [1.29, 1.82) is 0 Å². The lowest BCUT2D eigenvalue weighted by Crippen LogP contribution is -1.89. The summed E-state index contributed by atoms with van der Waals surface area (Å²) in [6, 6.07) is 7.95. The minimum absolute atomic E-state index is 0.161. The number of aryl methyl sites for hydroxylation is 1. The molecule has 18 heavy (non-hydrogen) atoms. The number of nitrogens with zero attached hydrogens (tertiary/aromatic N) is 1. The number of Topliss-reactive ketones (excluding diaryl/α,β-unsaturated/α-hetero) is 1. The molecule has 0 saturated carbocycles. The van der Waals surface area contributed by atoms with Gasteiger partial charge in [-0.2, -0.15) is 0 Å². The van der Waals surface area contributed by atoms with Crippen LogP contribution in [0.25, 0.3) is 0 Å². The first-order valence-corrected chi connectivity index (χ1v) is 5.73. The number of hydrogen-bond acceptors (Lipinski definition) is 1. The minimum Gasteiger partial charge on any atom is -0.343 e. The predicted octanol–water partition coefficient (Wildman–Crippen LogP) is 2.61. The van der Waals surface area contributed by atoms with Crippen LogP contribution in [0.1, 0.15) is 28.0 Å². The lowest BCUT2D eigenvalue weighted by Gasteiger charge is -1.90. The highest BCUT2D eigenvalue weighted by molar-refractivity contribution is 5.96. The van der Waals surface area contributed by atoms with Crippen LogP contribution >= 0.6 is 0 Å². The summed E-state index contributed by atoms with van der Waals surface area (Å²) in [5, 5.41) is 0. The van der Waals surface area contributed by atoms with Crippen LogP contribution in [0.5, 0.6) is 0 Å². The molecule has 1 aliphatic rings. The van der Waals surface area contributed by atoms with Crippen molar-refractivity contribution in [1.82, 2.24) is 4.57 Å². The minimum atomic E-state index is -0.295. The van der Waals surface area contributed by atoms with Gasteiger partial charge in [-0.15, -0.1) is 0 Å². The van der Waals surface area contributed by atoms with Gasteiger partial charge in [0.05, 0.1) is 5.69 Å². The highest BCUT2D eigenvalue weighted by atomic mass is 19.1. The number of fused-ring (bicyclic) bond motifs is 1. The highest BCUT2D eigenvalue weighted by Gasteiger charge is 2.19. The Morgan fingerprint density at radius 2 is 2.00 bits per heavy atom. The number of benzene rings is 1. The molecule has 0 aliphatic carbocycles. The topological polar surface area (TPSA) is 22.0 Å². The molecular weight excluding hydrogens is 229 g/mol. The van der Waals surface area contributed by atoms with Crippen molar-refractivity contribution >= 4 is 5.78 Å². The van der Waals surface area contributed by atoms with Crippen LogP contribution in [0.4, 0.5) is 4.39 Å². The van der Waals surface area contributed by atoms with E-state index in [0.29, 0.717) is 12.0 Å². The number of carbonyl (C=O) groups excluding carboxylic acids is 1. The van der Waals surface area contributed by atoms with Crippen molar-refractivity contribution in [2.75, 3.05) is 0 Å². The number of hydrogen-bond donors (Lipinski definition) is 0. The summed E-state index contributed by atoms with van der Waals surface area (Å²) in [4.78, 5) is 11.5. The molecule has 2 heterocycles. The second-order valence-corrected chi connectivity index (χ2v) is 4.24. The molecule has 88 valence electrons. The zero-order valence-electron chi connectivity index (χ0n) is 9.61. The first kappa shape index (κ1) is 10.8. The van der Waals surface area contributed by atoms with Crippen LogP contribution < -0.4 is 0 Å². The first-order chi connectivity index (χ1) is 8.72. The van der Waals surface area contributed by atoms with Crippen molar-refractivity contribution in [3.63, 3.8) is 0 Å². The van der Waals surface area contributed by atoms with E-state index in [1.807, 2.05) is 10.8 Å². The van der Waals surface area contributed by atoms with E-state index in [1.54, 1.807) is 18.2 Å². The van der Waals surface area contributed by atoms with Crippen LogP contribution in [0.15, 0.2) is 36.5 Å². The predicted molar refractivity (Wildman–Crippen MR) is 65.8 cm³/mol. The van der Waals surface area contributed by atoms with Gasteiger partial charge in [-0.1, -0.05) is 17.9 Å². The summed E-state index contributed by atoms with van der Waals surface area (Å²) in [7, 11) is 0. The first-order valence-electron chi connectivity index (χ1n) is 5.73. The largest absolute Gasteiger partial charge is 0.343 e. The molecule has 0 radical (unpaired) electrons. The van der Waals surface area contributed by atoms with Crippen molar-refractivity contribution in [2.24, 2.45) is 0 Å². The van der Waals surface area contributed by atoms with Gasteiger partial charge in [0.1, 0.15) is 5.82 Å². The normalized spacial score (nSPS) is 13.1. The van der Waals surface area contributed by atoms with Gasteiger partial charge in [0, 0.05) is 30.3 Å². The van der Waals surface area contributed by atoms with Crippen molar-refractivity contribution in [3.8, 4) is 11.8 Å². The van der Waals surface area contributed by atoms with E-state index < -0.39 is 0 Å². The molecule has 0 unspecified atom stereocenters. The number of rotatable bonds is 0. The number of halogens is 1. The van der Waals surface area contributed by atoms with E-state index >= 15 is 0 Å². The van der Waals surface area contributed by atoms with Gasteiger partial charge in [-0.05, 0) is 24.3 Å². The van der Waals surface area contributed by atoms with Crippen LogP contribution in [0.2, 0.25) is 0 Å². The lowest BCUT2D eigenvalue weighted by molar-refractivity contribution is 0.0994. The number of aromatic nitrogens is 1. The molecule has 0 bridgehead atoms. The Morgan fingerprint density at radius 3 is 2.78 bits per heavy atom. The summed E-state index contributed by atoms with van der Waals surface area (Å²) in [6.45, 7) is 0.732. The molecule has 3 heteroatoms. The van der Waals surface area contributed by atoms with Gasteiger partial charge < -0.3 is 4.57 Å². The van der Waals surface area contributed by atoms with Crippen molar-refractivity contribution < 1.29 is 9.18 Å². The maximum absolute atomic E-state index is 13.0. The van der Waals surface area contributed by atoms with E-state index in [-0.39, 0.29) is 11.6 Å².